The lowest BCUT2D eigenvalue weighted by Crippen LogP contribution is -2.36. The largest absolute Gasteiger partial charge is 0.492 e. The molecule has 1 aromatic rings. The van der Waals surface area contributed by atoms with E-state index in [0.29, 0.717) is 17.9 Å². The molecule has 0 heterocycles. The lowest BCUT2D eigenvalue weighted by molar-refractivity contribution is 0.236. The molecule has 1 aromatic carbocycles. The molecule has 0 aliphatic heterocycles. The van der Waals surface area contributed by atoms with Crippen molar-refractivity contribution in [3.63, 3.8) is 0 Å². The van der Waals surface area contributed by atoms with Crippen LogP contribution in [0.3, 0.4) is 0 Å². The van der Waals surface area contributed by atoms with E-state index in [2.05, 4.69) is 58.1 Å². The first-order valence-electron chi connectivity index (χ1n) is 6.86. The molecule has 0 amide bonds. The van der Waals surface area contributed by atoms with Crippen LogP contribution in [-0.2, 0) is 0 Å². The second-order valence-electron chi connectivity index (χ2n) is 5.63. The van der Waals surface area contributed by atoms with Crippen LogP contribution in [0.5, 0.6) is 5.75 Å². The summed E-state index contributed by atoms with van der Waals surface area (Å²) in [6, 6.07) is 6.90. The minimum Gasteiger partial charge on any atom is -0.492 e. The normalized spacial score (nSPS) is 13.1. The van der Waals surface area contributed by atoms with Crippen LogP contribution in [0.15, 0.2) is 18.2 Å². The third-order valence-electron chi connectivity index (χ3n) is 3.47. The van der Waals surface area contributed by atoms with E-state index in [1.807, 2.05) is 7.05 Å². The molecule has 0 aromatic heterocycles. The summed E-state index contributed by atoms with van der Waals surface area (Å²) in [7, 11) is 1.99. The van der Waals surface area contributed by atoms with Gasteiger partial charge in [-0.1, -0.05) is 39.8 Å². The molecule has 2 heteroatoms. The summed E-state index contributed by atoms with van der Waals surface area (Å²) in [5.41, 5.74) is 2.54. The van der Waals surface area contributed by atoms with Gasteiger partial charge in [-0.3, -0.25) is 0 Å². The van der Waals surface area contributed by atoms with Gasteiger partial charge in [0.2, 0.25) is 0 Å². The number of hydrogen-bond donors (Lipinski definition) is 1. The lowest BCUT2D eigenvalue weighted by Gasteiger charge is -2.21. The average molecular weight is 249 g/mol. The quantitative estimate of drug-likeness (QED) is 0.829. The third kappa shape index (κ3) is 4.02. The van der Waals surface area contributed by atoms with E-state index in [1.54, 1.807) is 0 Å². The van der Waals surface area contributed by atoms with Gasteiger partial charge in [-0.2, -0.15) is 0 Å². The Morgan fingerprint density at radius 1 is 1.17 bits per heavy atom. The fraction of sp³-hybridized carbons (Fsp3) is 0.625. The average Bonchev–Trinajstić information content (AvgIpc) is 2.31. The van der Waals surface area contributed by atoms with Crippen molar-refractivity contribution in [3.8, 4) is 5.75 Å². The molecule has 0 bridgehead atoms. The summed E-state index contributed by atoms with van der Waals surface area (Å²) >= 11 is 0. The Morgan fingerprint density at radius 2 is 1.83 bits per heavy atom. The van der Waals surface area contributed by atoms with Crippen molar-refractivity contribution in [3.05, 3.63) is 29.3 Å². The van der Waals surface area contributed by atoms with Crippen LogP contribution in [0.25, 0.3) is 0 Å². The third-order valence-corrected chi connectivity index (χ3v) is 3.47. The van der Waals surface area contributed by atoms with Crippen molar-refractivity contribution in [1.82, 2.24) is 5.32 Å². The fourth-order valence-electron chi connectivity index (χ4n) is 1.92. The van der Waals surface area contributed by atoms with E-state index in [-0.39, 0.29) is 0 Å². The smallest absolute Gasteiger partial charge is 0.122 e. The van der Waals surface area contributed by atoms with Gasteiger partial charge in [0, 0.05) is 6.04 Å². The number of hydrogen-bond acceptors (Lipinski definition) is 2. The zero-order valence-electron chi connectivity index (χ0n) is 12.6. The van der Waals surface area contributed by atoms with Gasteiger partial charge in [0.05, 0.1) is 0 Å². The number of nitrogens with one attached hydrogen (secondary N) is 1. The number of rotatable bonds is 6. The zero-order chi connectivity index (χ0) is 13.7. The second-order valence-corrected chi connectivity index (χ2v) is 5.63. The van der Waals surface area contributed by atoms with E-state index >= 15 is 0 Å². The van der Waals surface area contributed by atoms with E-state index in [1.165, 1.54) is 11.1 Å². The van der Waals surface area contributed by atoms with Crippen molar-refractivity contribution in [2.24, 2.45) is 5.92 Å². The molecule has 0 saturated heterocycles. The Balaban J connectivity index is 2.74. The molecular weight excluding hydrogens is 222 g/mol. The minimum absolute atomic E-state index is 0.395. The summed E-state index contributed by atoms with van der Waals surface area (Å²) in [5.74, 6) is 2.13. The molecule has 0 radical (unpaired) electrons. The molecule has 18 heavy (non-hydrogen) atoms. The van der Waals surface area contributed by atoms with E-state index in [9.17, 15) is 0 Å². The molecule has 0 aliphatic rings. The number of likely N-dealkylation sites (N-methyl/N-ethyl adjacent to an activating group) is 1. The molecule has 1 atom stereocenters. The van der Waals surface area contributed by atoms with Crippen molar-refractivity contribution < 1.29 is 4.74 Å². The molecule has 0 fully saturated rings. The molecule has 0 spiro atoms. The molecule has 0 saturated carbocycles. The highest BCUT2D eigenvalue weighted by molar-refractivity contribution is 5.37. The summed E-state index contributed by atoms with van der Waals surface area (Å²) in [4.78, 5) is 0. The molecule has 1 rings (SSSR count). The highest BCUT2D eigenvalue weighted by atomic mass is 16.5. The Labute approximate surface area is 112 Å². The van der Waals surface area contributed by atoms with Crippen molar-refractivity contribution >= 4 is 0 Å². The number of aryl methyl sites for hydroxylation is 1. The Morgan fingerprint density at radius 3 is 2.33 bits per heavy atom. The summed E-state index contributed by atoms with van der Waals surface area (Å²) < 4.78 is 5.98. The van der Waals surface area contributed by atoms with Crippen molar-refractivity contribution in [2.75, 3.05) is 13.7 Å². The van der Waals surface area contributed by atoms with Crippen LogP contribution in [0.4, 0.5) is 0 Å². The highest BCUT2D eigenvalue weighted by Gasteiger charge is 2.12. The van der Waals surface area contributed by atoms with Crippen LogP contribution in [0.1, 0.15) is 44.7 Å². The Kier molecular flexibility index (Phi) is 5.67. The lowest BCUT2D eigenvalue weighted by atomic mass is 10.0. The van der Waals surface area contributed by atoms with E-state index < -0.39 is 0 Å². The van der Waals surface area contributed by atoms with Crippen LogP contribution >= 0.6 is 0 Å². The summed E-state index contributed by atoms with van der Waals surface area (Å²) in [6.07, 6.45) is 0. The summed E-state index contributed by atoms with van der Waals surface area (Å²) in [6.45, 7) is 11.7. The maximum Gasteiger partial charge on any atom is 0.122 e. The molecular formula is C16H27NO. The topological polar surface area (TPSA) is 21.3 Å². The van der Waals surface area contributed by atoms with Gasteiger partial charge < -0.3 is 10.1 Å². The molecule has 1 N–H and O–H groups in total. The predicted octanol–water partition coefficient (Wildman–Crippen LogP) is 3.74. The highest BCUT2D eigenvalue weighted by Crippen LogP contribution is 2.24. The Hall–Kier alpha value is -1.02. The van der Waals surface area contributed by atoms with Gasteiger partial charge in [-0.25, -0.2) is 0 Å². The maximum absolute atomic E-state index is 5.98. The van der Waals surface area contributed by atoms with Crippen LogP contribution in [0.2, 0.25) is 0 Å². The molecule has 1 unspecified atom stereocenters. The number of benzene rings is 1. The standard InChI is InChI=1S/C16H27NO/c1-11(2)14-8-7-13(5)16(9-14)18-10-15(17-6)12(3)4/h7-9,11-12,15,17H,10H2,1-6H3. The van der Waals surface area contributed by atoms with Crippen molar-refractivity contribution in [1.29, 1.82) is 0 Å². The summed E-state index contributed by atoms with van der Waals surface area (Å²) in [5, 5.41) is 3.30. The van der Waals surface area contributed by atoms with Gasteiger partial charge in [0.1, 0.15) is 12.4 Å². The van der Waals surface area contributed by atoms with Gasteiger partial charge in [-0.15, -0.1) is 0 Å². The first-order chi connectivity index (χ1) is 8.45. The zero-order valence-corrected chi connectivity index (χ0v) is 12.6. The van der Waals surface area contributed by atoms with Crippen LogP contribution in [0, 0.1) is 12.8 Å². The molecule has 102 valence electrons. The van der Waals surface area contributed by atoms with Gasteiger partial charge >= 0.3 is 0 Å². The number of ether oxygens (including phenoxy) is 1. The SMILES string of the molecule is CNC(COc1cc(C(C)C)ccc1C)C(C)C. The fourth-order valence-corrected chi connectivity index (χ4v) is 1.92. The molecule has 0 aliphatic carbocycles. The van der Waals surface area contributed by atoms with Gasteiger partial charge in [0.25, 0.3) is 0 Å². The Bertz CT molecular complexity index is 371. The monoisotopic (exact) mass is 249 g/mol. The van der Waals surface area contributed by atoms with Crippen LogP contribution in [-0.4, -0.2) is 19.7 Å². The predicted molar refractivity (Wildman–Crippen MR) is 78.4 cm³/mol. The first-order valence-corrected chi connectivity index (χ1v) is 6.86. The van der Waals surface area contributed by atoms with Gasteiger partial charge in [-0.05, 0) is 43.0 Å². The van der Waals surface area contributed by atoms with E-state index in [0.717, 1.165) is 12.4 Å². The van der Waals surface area contributed by atoms with E-state index in [4.69, 9.17) is 4.74 Å². The second kappa shape index (κ2) is 6.79. The first kappa shape index (κ1) is 15.0. The maximum atomic E-state index is 5.98. The van der Waals surface area contributed by atoms with Crippen LogP contribution < -0.4 is 10.1 Å². The van der Waals surface area contributed by atoms with Crippen molar-refractivity contribution in [2.45, 2.75) is 46.6 Å². The minimum atomic E-state index is 0.395. The molecule has 2 nitrogen and oxygen atoms in total. The van der Waals surface area contributed by atoms with Gasteiger partial charge in [0.15, 0.2) is 0 Å².